The van der Waals surface area contributed by atoms with Crippen molar-refractivity contribution in [2.24, 2.45) is 0 Å². The van der Waals surface area contributed by atoms with E-state index in [1.54, 1.807) is 20.8 Å². The summed E-state index contributed by atoms with van der Waals surface area (Å²) in [6.45, 7) is 9.21. The van der Waals surface area contributed by atoms with Crippen molar-refractivity contribution in [2.75, 3.05) is 5.32 Å². The van der Waals surface area contributed by atoms with Gasteiger partial charge in [0.05, 0.1) is 0 Å². The number of cyclic esters (lactones) is 1. The zero-order valence-electron chi connectivity index (χ0n) is 12.5. The van der Waals surface area contributed by atoms with Crippen molar-refractivity contribution in [3.05, 3.63) is 40.5 Å². The largest absolute Gasteiger partial charge is 0.451 e. The molecule has 4 heteroatoms. The van der Waals surface area contributed by atoms with Gasteiger partial charge in [0.2, 0.25) is 0 Å². The molecule has 1 N–H and O–H groups in total. The molecule has 0 fully saturated rings. The molecule has 0 aliphatic carbocycles. The van der Waals surface area contributed by atoms with Gasteiger partial charge in [-0.2, -0.15) is 0 Å². The lowest BCUT2D eigenvalue weighted by Gasteiger charge is -2.17. The van der Waals surface area contributed by atoms with E-state index >= 15 is 0 Å². The van der Waals surface area contributed by atoms with Gasteiger partial charge in [-0.1, -0.05) is 17.7 Å². The van der Waals surface area contributed by atoms with Crippen molar-refractivity contribution < 1.29 is 14.3 Å². The molecule has 1 amide bonds. The fraction of sp³-hybridized carbons (Fsp3) is 0.375. The summed E-state index contributed by atoms with van der Waals surface area (Å²) in [6, 6.07) is 5.73. The fourth-order valence-electron chi connectivity index (χ4n) is 2.22. The van der Waals surface area contributed by atoms with Crippen LogP contribution in [0.3, 0.4) is 0 Å². The molecule has 0 radical (unpaired) electrons. The Morgan fingerprint density at radius 1 is 1.20 bits per heavy atom. The van der Waals surface area contributed by atoms with E-state index < -0.39 is 17.5 Å². The van der Waals surface area contributed by atoms with E-state index in [0.717, 1.165) is 11.1 Å². The molecule has 106 valence electrons. The van der Waals surface area contributed by atoms with Crippen LogP contribution in [-0.4, -0.2) is 17.5 Å². The van der Waals surface area contributed by atoms with Crippen molar-refractivity contribution in [1.29, 1.82) is 0 Å². The average Bonchev–Trinajstić information content (AvgIpc) is 2.52. The van der Waals surface area contributed by atoms with E-state index in [0.29, 0.717) is 11.3 Å². The number of carbonyl (C=O) groups excluding carboxylic acids is 2. The number of benzene rings is 1. The van der Waals surface area contributed by atoms with Gasteiger partial charge in [0.1, 0.15) is 11.2 Å². The lowest BCUT2D eigenvalue weighted by molar-refractivity contribution is -0.145. The van der Waals surface area contributed by atoms with Crippen LogP contribution in [0.15, 0.2) is 29.3 Å². The predicted octanol–water partition coefficient (Wildman–Crippen LogP) is 2.89. The summed E-state index contributed by atoms with van der Waals surface area (Å²) >= 11 is 0. The Morgan fingerprint density at radius 3 is 2.35 bits per heavy atom. The fourth-order valence-corrected chi connectivity index (χ4v) is 2.22. The third kappa shape index (κ3) is 2.46. The van der Waals surface area contributed by atoms with Crippen molar-refractivity contribution in [2.45, 2.75) is 40.2 Å². The quantitative estimate of drug-likeness (QED) is 0.666. The van der Waals surface area contributed by atoms with Gasteiger partial charge in [-0.15, -0.1) is 0 Å². The zero-order valence-corrected chi connectivity index (χ0v) is 12.5. The van der Waals surface area contributed by atoms with Crippen LogP contribution in [0.2, 0.25) is 0 Å². The Bertz CT molecular complexity index is 627. The molecule has 1 aliphatic rings. The maximum atomic E-state index is 12.3. The molecule has 0 unspecified atom stereocenters. The molecular formula is C16H19NO3. The van der Waals surface area contributed by atoms with Crippen molar-refractivity contribution >= 4 is 17.6 Å². The molecule has 0 aromatic heterocycles. The number of amides is 1. The number of esters is 1. The van der Waals surface area contributed by atoms with E-state index in [-0.39, 0.29) is 5.57 Å². The van der Waals surface area contributed by atoms with Crippen LogP contribution in [0.5, 0.6) is 0 Å². The first-order chi connectivity index (χ1) is 9.22. The average molecular weight is 273 g/mol. The Kier molecular flexibility index (Phi) is 3.42. The zero-order chi connectivity index (χ0) is 15.1. The first-order valence-corrected chi connectivity index (χ1v) is 6.55. The Morgan fingerprint density at radius 2 is 1.85 bits per heavy atom. The smallest absolute Gasteiger partial charge is 0.344 e. The van der Waals surface area contributed by atoms with Crippen LogP contribution < -0.4 is 5.32 Å². The molecule has 1 aliphatic heterocycles. The van der Waals surface area contributed by atoms with Crippen LogP contribution >= 0.6 is 0 Å². The van der Waals surface area contributed by atoms with Gasteiger partial charge in [0.15, 0.2) is 0 Å². The third-order valence-electron chi connectivity index (χ3n) is 3.69. The molecule has 1 heterocycles. The minimum atomic E-state index is -0.716. The monoisotopic (exact) mass is 273 g/mol. The number of nitrogens with one attached hydrogen (secondary N) is 1. The number of ether oxygens (including phenoxy) is 1. The first kappa shape index (κ1) is 14.3. The molecule has 0 spiro atoms. The minimum Gasteiger partial charge on any atom is -0.451 e. The van der Waals surface area contributed by atoms with E-state index in [1.807, 2.05) is 32.0 Å². The third-order valence-corrected chi connectivity index (χ3v) is 3.69. The van der Waals surface area contributed by atoms with Crippen LogP contribution in [0.25, 0.3) is 0 Å². The van der Waals surface area contributed by atoms with Crippen LogP contribution in [0.1, 0.15) is 31.9 Å². The number of hydrogen-bond donors (Lipinski definition) is 1. The molecular weight excluding hydrogens is 254 g/mol. The highest BCUT2D eigenvalue weighted by molar-refractivity contribution is 6.23. The second-order valence-electron chi connectivity index (χ2n) is 5.67. The van der Waals surface area contributed by atoms with Gasteiger partial charge in [-0.05, 0) is 51.8 Å². The van der Waals surface area contributed by atoms with Crippen molar-refractivity contribution in [3.8, 4) is 0 Å². The summed E-state index contributed by atoms with van der Waals surface area (Å²) in [5.74, 6) is -0.972. The molecule has 4 nitrogen and oxygen atoms in total. The van der Waals surface area contributed by atoms with E-state index in [2.05, 4.69) is 5.32 Å². The molecule has 20 heavy (non-hydrogen) atoms. The van der Waals surface area contributed by atoms with E-state index in [4.69, 9.17) is 4.74 Å². The van der Waals surface area contributed by atoms with Crippen LogP contribution in [0.4, 0.5) is 5.69 Å². The number of anilines is 1. The normalized spacial score (nSPS) is 17.1. The summed E-state index contributed by atoms with van der Waals surface area (Å²) in [4.78, 5) is 24.1. The van der Waals surface area contributed by atoms with E-state index in [9.17, 15) is 9.59 Å². The van der Waals surface area contributed by atoms with E-state index in [1.165, 1.54) is 0 Å². The molecule has 0 saturated heterocycles. The second-order valence-corrected chi connectivity index (χ2v) is 5.67. The van der Waals surface area contributed by atoms with Gasteiger partial charge in [-0.25, -0.2) is 4.79 Å². The van der Waals surface area contributed by atoms with Gasteiger partial charge in [0.25, 0.3) is 5.91 Å². The number of hydrogen-bond acceptors (Lipinski definition) is 3. The Balaban J connectivity index is 2.29. The minimum absolute atomic E-state index is 0.106. The van der Waals surface area contributed by atoms with Gasteiger partial charge in [0, 0.05) is 5.69 Å². The van der Waals surface area contributed by atoms with Gasteiger partial charge < -0.3 is 10.1 Å². The van der Waals surface area contributed by atoms with Gasteiger partial charge in [-0.3, -0.25) is 4.79 Å². The maximum Gasteiger partial charge on any atom is 0.344 e. The molecule has 0 bridgehead atoms. The molecule has 1 aromatic rings. The maximum absolute atomic E-state index is 12.3. The standard InChI is InChI=1S/C16H19NO3/c1-9-6-7-12(10(2)8-9)17-14(18)13-11(3)16(4,5)20-15(13)19/h6-8H,1-5H3,(H,17,18). The first-order valence-electron chi connectivity index (χ1n) is 6.55. The van der Waals surface area contributed by atoms with Gasteiger partial charge >= 0.3 is 5.97 Å². The summed E-state index contributed by atoms with van der Waals surface area (Å²) in [6.07, 6.45) is 0. The van der Waals surface area contributed by atoms with Crippen molar-refractivity contribution in [1.82, 2.24) is 0 Å². The molecule has 0 saturated carbocycles. The van der Waals surface area contributed by atoms with Crippen LogP contribution in [-0.2, 0) is 14.3 Å². The highest BCUT2D eigenvalue weighted by Gasteiger charge is 2.40. The van der Waals surface area contributed by atoms with Crippen LogP contribution in [0, 0.1) is 13.8 Å². The summed E-state index contributed by atoms with van der Waals surface area (Å²) in [5, 5.41) is 2.78. The lowest BCUT2D eigenvalue weighted by Crippen LogP contribution is -2.21. The highest BCUT2D eigenvalue weighted by atomic mass is 16.6. The van der Waals surface area contributed by atoms with Crippen molar-refractivity contribution in [3.63, 3.8) is 0 Å². The number of carbonyl (C=O) groups is 2. The SMILES string of the molecule is CC1=C(C(=O)Nc2ccc(C)cc2C)C(=O)OC1(C)C. The topological polar surface area (TPSA) is 55.4 Å². The summed E-state index contributed by atoms with van der Waals surface area (Å²) < 4.78 is 5.21. The number of rotatable bonds is 2. The predicted molar refractivity (Wildman–Crippen MR) is 77.4 cm³/mol. The Labute approximate surface area is 118 Å². The second kappa shape index (κ2) is 4.78. The molecule has 2 rings (SSSR count). The molecule has 1 aromatic carbocycles. The highest BCUT2D eigenvalue weighted by Crippen LogP contribution is 2.32. The number of aryl methyl sites for hydroxylation is 2. The lowest BCUT2D eigenvalue weighted by atomic mass is 9.97. The Hall–Kier alpha value is -2.10. The summed E-state index contributed by atoms with van der Waals surface area (Å²) in [7, 11) is 0. The summed E-state index contributed by atoms with van der Waals surface area (Å²) in [5.41, 5.74) is 2.84. The molecule has 0 atom stereocenters.